The number of ether oxygens (including phenoxy) is 2. The third-order valence-electron chi connectivity index (χ3n) is 3.80. The SMILES string of the molecule is COc1ccc(CCNCc2ccc(N(C)C)c(OC)c2)cc1. The lowest BCUT2D eigenvalue weighted by Crippen LogP contribution is -2.17. The Hall–Kier alpha value is -2.20. The van der Waals surface area contributed by atoms with Crippen LogP contribution in [0.2, 0.25) is 0 Å². The van der Waals surface area contributed by atoms with Gasteiger partial charge in [-0.3, -0.25) is 0 Å². The molecule has 0 radical (unpaired) electrons. The molecule has 23 heavy (non-hydrogen) atoms. The molecule has 0 bridgehead atoms. The summed E-state index contributed by atoms with van der Waals surface area (Å²) in [5, 5.41) is 3.48. The molecule has 0 spiro atoms. The molecule has 0 saturated carbocycles. The first-order chi connectivity index (χ1) is 11.1. The van der Waals surface area contributed by atoms with Crippen LogP contribution in [0.5, 0.6) is 11.5 Å². The molecule has 0 aromatic heterocycles. The minimum atomic E-state index is 0.834. The van der Waals surface area contributed by atoms with E-state index in [2.05, 4.69) is 40.5 Å². The monoisotopic (exact) mass is 314 g/mol. The maximum Gasteiger partial charge on any atom is 0.142 e. The first-order valence-electron chi connectivity index (χ1n) is 7.82. The second-order valence-electron chi connectivity index (χ2n) is 5.68. The Labute approximate surface area is 139 Å². The molecule has 0 heterocycles. The van der Waals surface area contributed by atoms with Gasteiger partial charge in [0.2, 0.25) is 0 Å². The fourth-order valence-electron chi connectivity index (χ4n) is 2.46. The van der Waals surface area contributed by atoms with Gasteiger partial charge in [0.1, 0.15) is 11.5 Å². The summed E-state index contributed by atoms with van der Waals surface area (Å²) in [6, 6.07) is 14.5. The number of nitrogens with one attached hydrogen (secondary N) is 1. The molecule has 0 amide bonds. The maximum absolute atomic E-state index is 5.46. The summed E-state index contributed by atoms with van der Waals surface area (Å²) in [4.78, 5) is 2.06. The van der Waals surface area contributed by atoms with Gasteiger partial charge in [0.05, 0.1) is 19.9 Å². The van der Waals surface area contributed by atoms with E-state index in [-0.39, 0.29) is 0 Å². The molecular formula is C19H26N2O2. The molecular weight excluding hydrogens is 288 g/mol. The Balaban J connectivity index is 1.83. The van der Waals surface area contributed by atoms with Gasteiger partial charge in [-0.25, -0.2) is 0 Å². The van der Waals surface area contributed by atoms with Crippen LogP contribution in [0, 0.1) is 0 Å². The normalized spacial score (nSPS) is 10.4. The van der Waals surface area contributed by atoms with E-state index in [4.69, 9.17) is 9.47 Å². The van der Waals surface area contributed by atoms with Gasteiger partial charge in [0.25, 0.3) is 0 Å². The quantitative estimate of drug-likeness (QED) is 0.759. The molecule has 0 aliphatic heterocycles. The van der Waals surface area contributed by atoms with Crippen LogP contribution in [0.3, 0.4) is 0 Å². The lowest BCUT2D eigenvalue weighted by Gasteiger charge is -2.17. The van der Waals surface area contributed by atoms with Crippen LogP contribution in [-0.2, 0) is 13.0 Å². The van der Waals surface area contributed by atoms with Crippen LogP contribution in [0.1, 0.15) is 11.1 Å². The summed E-state index contributed by atoms with van der Waals surface area (Å²) in [6.45, 7) is 1.77. The third kappa shape index (κ3) is 4.89. The molecule has 0 saturated heterocycles. The van der Waals surface area contributed by atoms with Gasteiger partial charge in [-0.2, -0.15) is 0 Å². The van der Waals surface area contributed by atoms with Crippen molar-refractivity contribution in [2.45, 2.75) is 13.0 Å². The van der Waals surface area contributed by atoms with Gasteiger partial charge in [-0.1, -0.05) is 18.2 Å². The number of methoxy groups -OCH3 is 2. The molecule has 4 heteroatoms. The Bertz CT molecular complexity index is 609. The zero-order valence-electron chi connectivity index (χ0n) is 14.4. The van der Waals surface area contributed by atoms with E-state index < -0.39 is 0 Å². The molecule has 0 atom stereocenters. The summed E-state index contributed by atoms with van der Waals surface area (Å²) in [6.07, 6.45) is 0.997. The van der Waals surface area contributed by atoms with E-state index in [1.54, 1.807) is 14.2 Å². The second kappa shape index (κ2) is 8.44. The van der Waals surface area contributed by atoms with Crippen molar-refractivity contribution in [1.82, 2.24) is 5.32 Å². The highest BCUT2D eigenvalue weighted by Crippen LogP contribution is 2.27. The van der Waals surface area contributed by atoms with E-state index in [0.717, 1.165) is 36.7 Å². The van der Waals surface area contributed by atoms with Crippen molar-refractivity contribution in [1.29, 1.82) is 0 Å². The standard InChI is InChI=1S/C19H26N2O2/c1-21(2)18-10-7-16(13-19(18)23-4)14-20-12-11-15-5-8-17(22-3)9-6-15/h5-10,13,20H,11-12,14H2,1-4H3. The molecule has 2 rings (SSSR count). The first kappa shape index (κ1) is 17.2. The average molecular weight is 314 g/mol. The fraction of sp³-hybridized carbons (Fsp3) is 0.368. The summed E-state index contributed by atoms with van der Waals surface area (Å²) >= 11 is 0. The molecule has 0 unspecified atom stereocenters. The third-order valence-corrected chi connectivity index (χ3v) is 3.80. The van der Waals surface area contributed by atoms with Crippen molar-refractivity contribution in [3.63, 3.8) is 0 Å². The highest BCUT2D eigenvalue weighted by Gasteiger charge is 2.06. The van der Waals surface area contributed by atoms with Crippen LogP contribution in [-0.4, -0.2) is 34.9 Å². The average Bonchev–Trinajstić information content (AvgIpc) is 2.58. The van der Waals surface area contributed by atoms with Crippen LogP contribution >= 0.6 is 0 Å². The van der Waals surface area contributed by atoms with Crippen LogP contribution in [0.25, 0.3) is 0 Å². The van der Waals surface area contributed by atoms with E-state index in [9.17, 15) is 0 Å². The fourth-order valence-corrected chi connectivity index (χ4v) is 2.46. The Morgan fingerprint density at radius 1 is 0.913 bits per heavy atom. The van der Waals surface area contributed by atoms with E-state index in [0.29, 0.717) is 0 Å². The van der Waals surface area contributed by atoms with Crippen LogP contribution < -0.4 is 19.7 Å². The minimum Gasteiger partial charge on any atom is -0.497 e. The van der Waals surface area contributed by atoms with Gasteiger partial charge >= 0.3 is 0 Å². The topological polar surface area (TPSA) is 33.7 Å². The number of hydrogen-bond donors (Lipinski definition) is 1. The molecule has 1 N–H and O–H groups in total. The smallest absolute Gasteiger partial charge is 0.142 e. The van der Waals surface area contributed by atoms with Crippen molar-refractivity contribution in [3.8, 4) is 11.5 Å². The van der Waals surface area contributed by atoms with Gasteiger partial charge in [-0.15, -0.1) is 0 Å². The molecule has 2 aromatic carbocycles. The predicted octanol–water partition coefficient (Wildman–Crippen LogP) is 3.10. The first-order valence-corrected chi connectivity index (χ1v) is 7.82. The zero-order chi connectivity index (χ0) is 16.7. The lowest BCUT2D eigenvalue weighted by atomic mass is 10.1. The van der Waals surface area contributed by atoms with Gasteiger partial charge in [0.15, 0.2) is 0 Å². The second-order valence-corrected chi connectivity index (χ2v) is 5.68. The van der Waals surface area contributed by atoms with E-state index in [1.807, 2.05) is 26.2 Å². The number of nitrogens with zero attached hydrogens (tertiary/aromatic N) is 1. The Kier molecular flexibility index (Phi) is 6.29. The minimum absolute atomic E-state index is 0.834. The summed E-state index contributed by atoms with van der Waals surface area (Å²) in [7, 11) is 7.44. The van der Waals surface area contributed by atoms with Crippen LogP contribution in [0.15, 0.2) is 42.5 Å². The van der Waals surface area contributed by atoms with Crippen LogP contribution in [0.4, 0.5) is 5.69 Å². The lowest BCUT2D eigenvalue weighted by molar-refractivity contribution is 0.414. The van der Waals surface area contributed by atoms with E-state index >= 15 is 0 Å². The molecule has 0 fully saturated rings. The molecule has 2 aromatic rings. The molecule has 124 valence electrons. The van der Waals surface area contributed by atoms with Crippen molar-refractivity contribution < 1.29 is 9.47 Å². The van der Waals surface area contributed by atoms with Gasteiger partial charge in [0, 0.05) is 20.6 Å². The molecule has 0 aliphatic carbocycles. The highest BCUT2D eigenvalue weighted by atomic mass is 16.5. The summed E-state index contributed by atoms with van der Waals surface area (Å²) < 4.78 is 10.6. The Morgan fingerprint density at radius 2 is 1.61 bits per heavy atom. The number of hydrogen-bond acceptors (Lipinski definition) is 4. The Morgan fingerprint density at radius 3 is 2.22 bits per heavy atom. The zero-order valence-corrected chi connectivity index (χ0v) is 14.4. The predicted molar refractivity (Wildman–Crippen MR) is 95.7 cm³/mol. The molecule has 4 nitrogen and oxygen atoms in total. The maximum atomic E-state index is 5.46. The van der Waals surface area contributed by atoms with Crippen molar-refractivity contribution in [2.75, 3.05) is 39.8 Å². The van der Waals surface area contributed by atoms with E-state index in [1.165, 1.54) is 11.1 Å². The largest absolute Gasteiger partial charge is 0.497 e. The van der Waals surface area contributed by atoms with Gasteiger partial charge in [-0.05, 0) is 48.4 Å². The van der Waals surface area contributed by atoms with Crippen molar-refractivity contribution in [3.05, 3.63) is 53.6 Å². The van der Waals surface area contributed by atoms with Crippen molar-refractivity contribution >= 4 is 5.69 Å². The van der Waals surface area contributed by atoms with Gasteiger partial charge < -0.3 is 19.7 Å². The van der Waals surface area contributed by atoms with Crippen molar-refractivity contribution in [2.24, 2.45) is 0 Å². The summed E-state index contributed by atoms with van der Waals surface area (Å²) in [5.74, 6) is 1.80. The molecule has 0 aliphatic rings. The number of rotatable bonds is 8. The number of anilines is 1. The highest BCUT2D eigenvalue weighted by molar-refractivity contribution is 5.58. The summed E-state index contributed by atoms with van der Waals surface area (Å²) in [5.41, 5.74) is 3.62. The number of benzene rings is 2.